The van der Waals surface area contributed by atoms with E-state index in [4.69, 9.17) is 17.3 Å². The molecule has 2 aromatic carbocycles. The highest BCUT2D eigenvalue weighted by Gasteiger charge is 2.20. The second-order valence-electron chi connectivity index (χ2n) is 5.32. The van der Waals surface area contributed by atoms with E-state index in [1.165, 1.54) is 23.3 Å². The van der Waals surface area contributed by atoms with Crippen molar-refractivity contribution in [2.45, 2.75) is 33.7 Å². The highest BCUT2D eigenvalue weighted by Crippen LogP contribution is 2.32. The van der Waals surface area contributed by atoms with Gasteiger partial charge in [-0.2, -0.15) is 0 Å². The van der Waals surface area contributed by atoms with Gasteiger partial charge < -0.3 is 5.73 Å². The van der Waals surface area contributed by atoms with Crippen LogP contribution in [0.25, 0.3) is 0 Å². The Morgan fingerprint density at radius 3 is 2.10 bits per heavy atom. The van der Waals surface area contributed by atoms with Gasteiger partial charge in [-0.15, -0.1) is 0 Å². The van der Waals surface area contributed by atoms with Crippen LogP contribution in [-0.2, 0) is 0 Å². The van der Waals surface area contributed by atoms with Crippen LogP contribution in [0.3, 0.4) is 0 Å². The van der Waals surface area contributed by atoms with Gasteiger partial charge in [-0.3, -0.25) is 0 Å². The van der Waals surface area contributed by atoms with E-state index in [0.717, 1.165) is 16.7 Å². The van der Waals surface area contributed by atoms with Crippen molar-refractivity contribution in [3.8, 4) is 0 Å². The molecule has 0 bridgehead atoms. The van der Waals surface area contributed by atoms with E-state index in [2.05, 4.69) is 6.07 Å². The summed E-state index contributed by atoms with van der Waals surface area (Å²) in [6, 6.07) is 6.14. The molecule has 0 amide bonds. The molecule has 20 heavy (non-hydrogen) atoms. The molecule has 1 nitrogen and oxygen atoms in total. The highest BCUT2D eigenvalue weighted by molar-refractivity contribution is 6.30. The van der Waals surface area contributed by atoms with E-state index in [0.29, 0.717) is 10.6 Å². The van der Waals surface area contributed by atoms with Gasteiger partial charge in [-0.25, -0.2) is 4.39 Å². The Bertz CT molecular complexity index is 638. The summed E-state index contributed by atoms with van der Waals surface area (Å²) in [5, 5.41) is 0.497. The molecule has 106 valence electrons. The zero-order valence-corrected chi connectivity index (χ0v) is 13.0. The number of hydrogen-bond donors (Lipinski definition) is 1. The van der Waals surface area contributed by atoms with Crippen molar-refractivity contribution in [2.75, 3.05) is 0 Å². The Kier molecular flexibility index (Phi) is 4.17. The van der Waals surface area contributed by atoms with Gasteiger partial charge >= 0.3 is 0 Å². The van der Waals surface area contributed by atoms with Gasteiger partial charge in [0.1, 0.15) is 5.82 Å². The molecule has 1 atom stereocenters. The molecule has 3 heteroatoms. The molecule has 0 aromatic heterocycles. The Hall–Kier alpha value is -1.38. The predicted octanol–water partition coefficient (Wildman–Crippen LogP) is 4.76. The minimum Gasteiger partial charge on any atom is -0.320 e. The first kappa shape index (κ1) is 15.0. The van der Waals surface area contributed by atoms with Crippen LogP contribution >= 0.6 is 11.6 Å². The van der Waals surface area contributed by atoms with Crippen LogP contribution in [0.4, 0.5) is 4.39 Å². The summed E-state index contributed by atoms with van der Waals surface area (Å²) in [7, 11) is 0. The van der Waals surface area contributed by atoms with Crippen LogP contribution in [-0.4, -0.2) is 0 Å². The molecule has 0 saturated carbocycles. The Morgan fingerprint density at radius 2 is 1.55 bits per heavy atom. The SMILES string of the molecule is Cc1cc(C)c(C)c(C(N)c2cc(Cl)ccc2F)c1C. The molecular weight excluding hydrogens is 273 g/mol. The fourth-order valence-corrected chi connectivity index (χ4v) is 2.80. The van der Waals surface area contributed by atoms with Crippen LogP contribution in [0, 0.1) is 33.5 Å². The zero-order chi connectivity index (χ0) is 15.0. The lowest BCUT2D eigenvalue weighted by atomic mass is 9.87. The van der Waals surface area contributed by atoms with Crippen molar-refractivity contribution in [3.63, 3.8) is 0 Å². The summed E-state index contributed by atoms with van der Waals surface area (Å²) in [5.41, 5.74) is 12.3. The number of rotatable bonds is 2. The third-order valence-corrected chi connectivity index (χ3v) is 4.26. The topological polar surface area (TPSA) is 26.0 Å². The smallest absolute Gasteiger partial charge is 0.128 e. The maximum absolute atomic E-state index is 14.0. The molecule has 0 saturated heterocycles. The minimum absolute atomic E-state index is 0.320. The average molecular weight is 292 g/mol. The standard InChI is InChI=1S/C17H19ClFN/c1-9-7-10(2)12(4)16(11(9)3)17(20)14-8-13(18)5-6-15(14)19/h5-8,17H,20H2,1-4H3. The Balaban J connectivity index is 2.65. The Labute approximate surface area is 124 Å². The molecule has 2 rings (SSSR count). The number of hydrogen-bond acceptors (Lipinski definition) is 1. The van der Waals surface area contributed by atoms with Gasteiger partial charge in [0.15, 0.2) is 0 Å². The summed E-state index contributed by atoms with van der Waals surface area (Å²) in [6.07, 6.45) is 0. The summed E-state index contributed by atoms with van der Waals surface area (Å²) in [6.45, 7) is 8.15. The summed E-state index contributed by atoms with van der Waals surface area (Å²) in [5.74, 6) is -0.320. The van der Waals surface area contributed by atoms with Crippen molar-refractivity contribution in [1.82, 2.24) is 0 Å². The van der Waals surface area contributed by atoms with Crippen molar-refractivity contribution in [3.05, 3.63) is 68.5 Å². The van der Waals surface area contributed by atoms with Gasteiger partial charge in [0.25, 0.3) is 0 Å². The number of benzene rings is 2. The molecule has 2 N–H and O–H groups in total. The summed E-state index contributed by atoms with van der Waals surface area (Å²) < 4.78 is 14.0. The largest absolute Gasteiger partial charge is 0.320 e. The maximum Gasteiger partial charge on any atom is 0.128 e. The van der Waals surface area contributed by atoms with Crippen LogP contribution < -0.4 is 5.73 Å². The summed E-state index contributed by atoms with van der Waals surface area (Å²) >= 11 is 5.97. The number of nitrogens with two attached hydrogens (primary N) is 1. The van der Waals surface area contributed by atoms with E-state index >= 15 is 0 Å². The summed E-state index contributed by atoms with van der Waals surface area (Å²) in [4.78, 5) is 0. The molecule has 0 aliphatic carbocycles. The molecule has 0 aliphatic heterocycles. The first-order chi connectivity index (χ1) is 9.32. The van der Waals surface area contributed by atoms with Crippen LogP contribution in [0.5, 0.6) is 0 Å². The fraction of sp³-hybridized carbons (Fsp3) is 0.294. The van der Waals surface area contributed by atoms with E-state index in [-0.39, 0.29) is 5.82 Å². The average Bonchev–Trinajstić information content (AvgIpc) is 2.39. The zero-order valence-electron chi connectivity index (χ0n) is 12.2. The quantitative estimate of drug-likeness (QED) is 0.848. The van der Waals surface area contributed by atoms with E-state index in [1.807, 2.05) is 27.7 Å². The van der Waals surface area contributed by atoms with Crippen LogP contribution in [0.2, 0.25) is 5.02 Å². The molecule has 0 spiro atoms. The van der Waals surface area contributed by atoms with Gasteiger partial charge in [0, 0.05) is 10.6 Å². The lowest BCUT2D eigenvalue weighted by molar-refractivity contribution is 0.598. The van der Waals surface area contributed by atoms with Crippen molar-refractivity contribution in [2.24, 2.45) is 5.73 Å². The maximum atomic E-state index is 14.0. The number of halogens is 2. The van der Waals surface area contributed by atoms with Gasteiger partial charge in [0.05, 0.1) is 6.04 Å². The Morgan fingerprint density at radius 1 is 1.00 bits per heavy atom. The normalized spacial score (nSPS) is 12.6. The molecule has 0 heterocycles. The molecular formula is C17H19ClFN. The predicted molar refractivity (Wildman–Crippen MR) is 82.8 cm³/mol. The highest BCUT2D eigenvalue weighted by atomic mass is 35.5. The van der Waals surface area contributed by atoms with Crippen LogP contribution in [0.1, 0.15) is 39.4 Å². The lowest BCUT2D eigenvalue weighted by Crippen LogP contribution is -2.17. The fourth-order valence-electron chi connectivity index (χ4n) is 2.62. The van der Waals surface area contributed by atoms with Gasteiger partial charge in [0.2, 0.25) is 0 Å². The second-order valence-corrected chi connectivity index (χ2v) is 5.75. The molecule has 0 radical (unpaired) electrons. The van der Waals surface area contributed by atoms with Crippen molar-refractivity contribution >= 4 is 11.6 Å². The minimum atomic E-state index is -0.507. The third kappa shape index (κ3) is 2.58. The molecule has 1 unspecified atom stereocenters. The van der Waals surface area contributed by atoms with Crippen molar-refractivity contribution in [1.29, 1.82) is 0 Å². The third-order valence-electron chi connectivity index (χ3n) is 4.03. The van der Waals surface area contributed by atoms with E-state index in [9.17, 15) is 4.39 Å². The number of aryl methyl sites for hydroxylation is 2. The van der Waals surface area contributed by atoms with E-state index in [1.54, 1.807) is 6.07 Å². The first-order valence-corrected chi connectivity index (χ1v) is 6.98. The van der Waals surface area contributed by atoms with E-state index < -0.39 is 6.04 Å². The van der Waals surface area contributed by atoms with Crippen LogP contribution in [0.15, 0.2) is 24.3 Å². The second kappa shape index (κ2) is 5.55. The molecule has 0 aliphatic rings. The first-order valence-electron chi connectivity index (χ1n) is 6.60. The molecule has 0 fully saturated rings. The monoisotopic (exact) mass is 291 g/mol. The van der Waals surface area contributed by atoms with Gasteiger partial charge in [-0.1, -0.05) is 17.7 Å². The van der Waals surface area contributed by atoms with Crippen molar-refractivity contribution < 1.29 is 4.39 Å². The molecule has 2 aromatic rings. The lowest BCUT2D eigenvalue weighted by Gasteiger charge is -2.22. The van der Waals surface area contributed by atoms with Gasteiger partial charge in [-0.05, 0) is 73.7 Å².